The summed E-state index contributed by atoms with van der Waals surface area (Å²) in [4.78, 5) is 0. The van der Waals surface area contributed by atoms with Crippen LogP contribution >= 0.6 is 0 Å². The number of benzene rings is 1. The molecule has 0 spiro atoms. The minimum Gasteiger partial charge on any atom is -0.490 e. The lowest BCUT2D eigenvalue weighted by Crippen LogP contribution is -2.44. The predicted octanol–water partition coefficient (Wildman–Crippen LogP) is 2.70. The van der Waals surface area contributed by atoms with E-state index in [1.54, 1.807) is 25.1 Å². The molecule has 1 aromatic rings. The molecular weight excluding hydrogens is 293 g/mol. The summed E-state index contributed by atoms with van der Waals surface area (Å²) in [6.07, 6.45) is 3.76. The number of para-hydroxylation sites is 1. The number of ether oxygens (including phenoxy) is 1. The molecule has 0 saturated heterocycles. The van der Waals surface area contributed by atoms with Crippen LogP contribution in [0.25, 0.3) is 0 Å². The molecule has 118 valence electrons. The van der Waals surface area contributed by atoms with Crippen LogP contribution in [0, 0.1) is 11.7 Å². The first-order chi connectivity index (χ1) is 10.0. The van der Waals surface area contributed by atoms with Gasteiger partial charge in [-0.05, 0) is 31.9 Å². The second-order valence-corrected chi connectivity index (χ2v) is 7.46. The molecule has 1 aliphatic rings. The van der Waals surface area contributed by atoms with E-state index in [1.165, 1.54) is 6.07 Å². The number of nitrogens with one attached hydrogen (secondary N) is 1. The Morgan fingerprint density at radius 3 is 2.71 bits per heavy atom. The SMILES string of the molecule is CCS(=O)(=O)N[C@@H]1CCCC[C@H]1COc1ccccc1F. The highest BCUT2D eigenvalue weighted by atomic mass is 32.2. The van der Waals surface area contributed by atoms with E-state index in [2.05, 4.69) is 4.72 Å². The van der Waals surface area contributed by atoms with Crippen molar-refractivity contribution in [1.29, 1.82) is 0 Å². The average molecular weight is 315 g/mol. The summed E-state index contributed by atoms with van der Waals surface area (Å²) >= 11 is 0. The van der Waals surface area contributed by atoms with Crippen molar-refractivity contribution in [1.82, 2.24) is 4.72 Å². The Labute approximate surface area is 125 Å². The van der Waals surface area contributed by atoms with E-state index in [9.17, 15) is 12.8 Å². The largest absolute Gasteiger partial charge is 0.490 e. The standard InChI is InChI=1S/C15H22FNO3S/c1-2-21(18,19)17-14-9-5-3-7-12(14)11-20-15-10-6-4-8-13(15)16/h4,6,8,10,12,14,17H,2-3,5,7,9,11H2,1H3/t12-,14+/m0/s1. The van der Waals surface area contributed by atoms with Crippen LogP contribution in [0.5, 0.6) is 5.75 Å². The first-order valence-corrected chi connectivity index (χ1v) is 9.04. The van der Waals surface area contributed by atoms with Gasteiger partial charge in [0.1, 0.15) is 0 Å². The molecule has 2 rings (SSSR count). The summed E-state index contributed by atoms with van der Waals surface area (Å²) in [5.41, 5.74) is 0. The van der Waals surface area contributed by atoms with E-state index >= 15 is 0 Å². The Bertz CT molecular complexity index is 562. The number of hydrogen-bond donors (Lipinski definition) is 1. The molecule has 21 heavy (non-hydrogen) atoms. The van der Waals surface area contributed by atoms with E-state index in [4.69, 9.17) is 4.74 Å². The van der Waals surface area contributed by atoms with Gasteiger partial charge in [0.15, 0.2) is 11.6 Å². The van der Waals surface area contributed by atoms with Crippen molar-refractivity contribution in [2.45, 2.75) is 38.6 Å². The average Bonchev–Trinajstić information content (AvgIpc) is 2.47. The smallest absolute Gasteiger partial charge is 0.211 e. The Morgan fingerprint density at radius 2 is 2.00 bits per heavy atom. The van der Waals surface area contributed by atoms with Crippen LogP contribution < -0.4 is 9.46 Å². The zero-order valence-electron chi connectivity index (χ0n) is 12.2. The Morgan fingerprint density at radius 1 is 1.29 bits per heavy atom. The molecule has 0 bridgehead atoms. The summed E-state index contributed by atoms with van der Waals surface area (Å²) in [6.45, 7) is 1.95. The molecule has 1 aliphatic carbocycles. The van der Waals surface area contributed by atoms with Crippen molar-refractivity contribution in [3.63, 3.8) is 0 Å². The fraction of sp³-hybridized carbons (Fsp3) is 0.600. The normalized spacial score (nSPS) is 23.0. The van der Waals surface area contributed by atoms with Crippen molar-refractivity contribution in [2.24, 2.45) is 5.92 Å². The first-order valence-electron chi connectivity index (χ1n) is 7.39. The maximum Gasteiger partial charge on any atom is 0.211 e. The summed E-state index contributed by atoms with van der Waals surface area (Å²) in [5.74, 6) is -0.0106. The summed E-state index contributed by atoms with van der Waals surface area (Å²) in [6, 6.07) is 6.16. The second-order valence-electron chi connectivity index (χ2n) is 5.41. The van der Waals surface area contributed by atoms with Gasteiger partial charge in [0.25, 0.3) is 0 Å². The van der Waals surface area contributed by atoms with Crippen LogP contribution in [0.1, 0.15) is 32.6 Å². The van der Waals surface area contributed by atoms with Gasteiger partial charge < -0.3 is 4.74 Å². The van der Waals surface area contributed by atoms with Crippen LogP contribution in [0.15, 0.2) is 24.3 Å². The van der Waals surface area contributed by atoms with Crippen LogP contribution in [-0.4, -0.2) is 26.8 Å². The molecule has 1 N–H and O–H groups in total. The molecule has 1 saturated carbocycles. The van der Waals surface area contributed by atoms with Crippen LogP contribution in [-0.2, 0) is 10.0 Å². The fourth-order valence-electron chi connectivity index (χ4n) is 2.63. The van der Waals surface area contributed by atoms with Crippen molar-refractivity contribution >= 4 is 10.0 Å². The van der Waals surface area contributed by atoms with Gasteiger partial charge in [0.2, 0.25) is 10.0 Å². The van der Waals surface area contributed by atoms with Gasteiger partial charge in [-0.3, -0.25) is 0 Å². The Hall–Kier alpha value is -1.14. The minimum absolute atomic E-state index is 0.0738. The number of halogens is 1. The molecule has 4 nitrogen and oxygen atoms in total. The third-order valence-corrected chi connectivity index (χ3v) is 5.33. The summed E-state index contributed by atoms with van der Waals surface area (Å²) in [7, 11) is -3.22. The van der Waals surface area contributed by atoms with Crippen molar-refractivity contribution in [2.75, 3.05) is 12.4 Å². The maximum atomic E-state index is 13.5. The highest BCUT2D eigenvalue weighted by Crippen LogP contribution is 2.26. The maximum absolute atomic E-state index is 13.5. The third-order valence-electron chi connectivity index (χ3n) is 3.91. The quantitative estimate of drug-likeness (QED) is 0.878. The molecule has 0 radical (unpaired) electrons. The summed E-state index contributed by atoms with van der Waals surface area (Å²) < 4.78 is 45.3. The van der Waals surface area contributed by atoms with E-state index < -0.39 is 10.0 Å². The molecule has 6 heteroatoms. The zero-order valence-corrected chi connectivity index (χ0v) is 13.0. The molecule has 1 aromatic carbocycles. The molecule has 1 fully saturated rings. The van der Waals surface area contributed by atoms with Gasteiger partial charge in [0, 0.05) is 12.0 Å². The highest BCUT2D eigenvalue weighted by Gasteiger charge is 2.28. The predicted molar refractivity (Wildman–Crippen MR) is 80.2 cm³/mol. The molecule has 0 heterocycles. The minimum atomic E-state index is -3.22. The Balaban J connectivity index is 1.98. The molecule has 2 atom stereocenters. The molecule has 0 aliphatic heterocycles. The monoisotopic (exact) mass is 315 g/mol. The van der Waals surface area contributed by atoms with E-state index in [0.717, 1.165) is 25.7 Å². The van der Waals surface area contributed by atoms with Crippen molar-refractivity contribution < 1.29 is 17.5 Å². The van der Waals surface area contributed by atoms with Crippen molar-refractivity contribution in [3.8, 4) is 5.75 Å². The molecular formula is C15H22FNO3S. The van der Waals surface area contributed by atoms with Crippen LogP contribution in [0.2, 0.25) is 0 Å². The van der Waals surface area contributed by atoms with Crippen LogP contribution in [0.3, 0.4) is 0 Å². The molecule has 0 unspecified atom stereocenters. The second kappa shape index (κ2) is 7.22. The van der Waals surface area contributed by atoms with Gasteiger partial charge in [-0.15, -0.1) is 0 Å². The third kappa shape index (κ3) is 4.68. The van der Waals surface area contributed by atoms with Gasteiger partial charge in [0.05, 0.1) is 12.4 Å². The lowest BCUT2D eigenvalue weighted by molar-refractivity contribution is 0.175. The van der Waals surface area contributed by atoms with Gasteiger partial charge in [-0.25, -0.2) is 17.5 Å². The lowest BCUT2D eigenvalue weighted by Gasteiger charge is -2.31. The zero-order chi connectivity index (χ0) is 15.3. The van der Waals surface area contributed by atoms with Crippen molar-refractivity contribution in [3.05, 3.63) is 30.1 Å². The lowest BCUT2D eigenvalue weighted by atomic mass is 9.86. The van der Waals surface area contributed by atoms with Crippen LogP contribution in [0.4, 0.5) is 4.39 Å². The number of rotatable bonds is 6. The Kier molecular flexibility index (Phi) is 5.58. The fourth-order valence-corrected chi connectivity index (χ4v) is 3.57. The molecule has 0 aromatic heterocycles. The topological polar surface area (TPSA) is 55.4 Å². The van der Waals surface area contributed by atoms with Gasteiger partial charge >= 0.3 is 0 Å². The van der Waals surface area contributed by atoms with Gasteiger partial charge in [-0.1, -0.05) is 25.0 Å². The van der Waals surface area contributed by atoms with E-state index in [0.29, 0.717) is 6.61 Å². The number of hydrogen-bond acceptors (Lipinski definition) is 3. The van der Waals surface area contributed by atoms with E-state index in [1.807, 2.05) is 0 Å². The first kappa shape index (κ1) is 16.2. The number of sulfonamides is 1. The summed E-state index contributed by atoms with van der Waals surface area (Å²) in [5, 5.41) is 0. The van der Waals surface area contributed by atoms with Gasteiger partial charge in [-0.2, -0.15) is 0 Å². The highest BCUT2D eigenvalue weighted by molar-refractivity contribution is 7.89. The molecule has 0 amide bonds. The van der Waals surface area contributed by atoms with E-state index in [-0.39, 0.29) is 29.3 Å².